The minimum atomic E-state index is -0.0691. The van der Waals surface area contributed by atoms with Crippen LogP contribution in [-0.4, -0.2) is 59.2 Å². The molecule has 5 rings (SSSR count). The molecule has 2 fully saturated rings. The summed E-state index contributed by atoms with van der Waals surface area (Å²) < 4.78 is 6.07. The smallest absolute Gasteiger partial charge is 0.253 e. The Morgan fingerprint density at radius 2 is 1.74 bits per heavy atom. The van der Waals surface area contributed by atoms with Crippen LogP contribution in [0.2, 0.25) is 5.02 Å². The van der Waals surface area contributed by atoms with Crippen molar-refractivity contribution in [1.29, 1.82) is 0 Å². The molecule has 9 heteroatoms. The van der Waals surface area contributed by atoms with Gasteiger partial charge in [-0.1, -0.05) is 11.6 Å². The standard InChI is InChI=1S/C25H24ClN5O3/c26-19-3-1-17(2-4-19)25(33)30-12-10-23(16-30)34-22-7-5-20(6-8-22)29-24(32)18-14-31(15-18)21-9-11-27-28-13-21/h1-9,11,13,18,23H,10,12,14-16H2,(H,29,32)/t23-/m1/s1. The van der Waals surface area contributed by atoms with E-state index in [0.717, 1.165) is 17.8 Å². The summed E-state index contributed by atoms with van der Waals surface area (Å²) in [5.74, 6) is 0.630. The van der Waals surface area contributed by atoms with E-state index in [1.807, 2.05) is 30.3 Å². The highest BCUT2D eigenvalue weighted by Gasteiger charge is 2.33. The number of rotatable bonds is 6. The predicted molar refractivity (Wildman–Crippen MR) is 129 cm³/mol. The number of likely N-dealkylation sites (tertiary alicyclic amines) is 1. The van der Waals surface area contributed by atoms with Crippen LogP contribution in [0.5, 0.6) is 5.75 Å². The second-order valence-corrected chi connectivity index (χ2v) is 8.94. The maximum absolute atomic E-state index is 12.7. The molecule has 0 saturated carbocycles. The lowest BCUT2D eigenvalue weighted by molar-refractivity contribution is -0.120. The molecule has 0 unspecified atom stereocenters. The number of amides is 2. The Hall–Kier alpha value is -3.65. The Labute approximate surface area is 202 Å². The molecule has 0 aliphatic carbocycles. The molecule has 3 aromatic rings. The van der Waals surface area contributed by atoms with Gasteiger partial charge in [-0.25, -0.2) is 0 Å². The molecule has 2 aromatic carbocycles. The molecule has 2 saturated heterocycles. The van der Waals surface area contributed by atoms with Gasteiger partial charge in [0.1, 0.15) is 11.9 Å². The molecule has 2 amide bonds. The SMILES string of the molecule is O=C(Nc1ccc(O[C@@H]2CCN(C(=O)c3ccc(Cl)cc3)C2)cc1)C1CN(c2ccnnc2)C1. The largest absolute Gasteiger partial charge is 0.489 e. The third-order valence-electron chi connectivity index (χ3n) is 6.13. The summed E-state index contributed by atoms with van der Waals surface area (Å²) in [5, 5.41) is 11.2. The molecule has 0 bridgehead atoms. The van der Waals surface area contributed by atoms with E-state index in [0.29, 0.717) is 42.5 Å². The lowest BCUT2D eigenvalue weighted by Gasteiger charge is -2.39. The molecule has 2 aliphatic heterocycles. The van der Waals surface area contributed by atoms with Crippen molar-refractivity contribution in [3.8, 4) is 5.75 Å². The first-order valence-electron chi connectivity index (χ1n) is 11.2. The highest BCUT2D eigenvalue weighted by Crippen LogP contribution is 2.26. The summed E-state index contributed by atoms with van der Waals surface area (Å²) in [7, 11) is 0. The van der Waals surface area contributed by atoms with E-state index in [2.05, 4.69) is 20.4 Å². The van der Waals surface area contributed by atoms with Crippen LogP contribution in [-0.2, 0) is 4.79 Å². The van der Waals surface area contributed by atoms with Gasteiger partial charge in [-0.2, -0.15) is 10.2 Å². The van der Waals surface area contributed by atoms with E-state index in [4.69, 9.17) is 16.3 Å². The van der Waals surface area contributed by atoms with E-state index in [-0.39, 0.29) is 23.8 Å². The molecule has 1 aromatic heterocycles. The first kappa shape index (κ1) is 22.2. The number of halogens is 1. The lowest BCUT2D eigenvalue weighted by Crippen LogP contribution is -2.52. The second kappa shape index (κ2) is 9.69. The van der Waals surface area contributed by atoms with Gasteiger partial charge in [0, 0.05) is 42.3 Å². The van der Waals surface area contributed by atoms with Crippen molar-refractivity contribution in [2.24, 2.45) is 5.92 Å². The number of nitrogens with zero attached hydrogens (tertiary/aromatic N) is 4. The van der Waals surface area contributed by atoms with Gasteiger partial charge in [0.25, 0.3) is 5.91 Å². The van der Waals surface area contributed by atoms with E-state index in [1.54, 1.807) is 41.6 Å². The minimum Gasteiger partial charge on any atom is -0.489 e. The number of anilines is 2. The van der Waals surface area contributed by atoms with Gasteiger partial charge in [0.15, 0.2) is 0 Å². The molecule has 34 heavy (non-hydrogen) atoms. The molecule has 0 spiro atoms. The summed E-state index contributed by atoms with van der Waals surface area (Å²) >= 11 is 5.91. The van der Waals surface area contributed by atoms with E-state index < -0.39 is 0 Å². The van der Waals surface area contributed by atoms with Crippen LogP contribution in [0.3, 0.4) is 0 Å². The van der Waals surface area contributed by atoms with Gasteiger partial charge < -0.3 is 19.9 Å². The first-order valence-corrected chi connectivity index (χ1v) is 11.6. The first-order chi connectivity index (χ1) is 16.5. The average molecular weight is 478 g/mol. The van der Waals surface area contributed by atoms with Gasteiger partial charge in [-0.3, -0.25) is 9.59 Å². The van der Waals surface area contributed by atoms with Gasteiger partial charge >= 0.3 is 0 Å². The molecule has 174 valence electrons. The summed E-state index contributed by atoms with van der Waals surface area (Å²) in [6, 6.07) is 16.2. The summed E-state index contributed by atoms with van der Waals surface area (Å²) in [5.41, 5.74) is 2.32. The molecule has 3 heterocycles. The van der Waals surface area contributed by atoms with Crippen molar-refractivity contribution in [1.82, 2.24) is 15.1 Å². The Bertz CT molecular complexity index is 1150. The average Bonchev–Trinajstić information content (AvgIpc) is 3.29. The van der Waals surface area contributed by atoms with Crippen LogP contribution >= 0.6 is 11.6 Å². The fraction of sp³-hybridized carbons (Fsp3) is 0.280. The maximum Gasteiger partial charge on any atom is 0.253 e. The van der Waals surface area contributed by atoms with Crippen LogP contribution in [0.15, 0.2) is 67.0 Å². The number of carbonyl (C=O) groups is 2. The number of carbonyl (C=O) groups excluding carboxylic acids is 2. The monoisotopic (exact) mass is 477 g/mol. The number of nitrogens with one attached hydrogen (secondary N) is 1. The molecule has 0 radical (unpaired) electrons. The highest BCUT2D eigenvalue weighted by molar-refractivity contribution is 6.30. The van der Waals surface area contributed by atoms with E-state index >= 15 is 0 Å². The van der Waals surface area contributed by atoms with Crippen LogP contribution in [0.1, 0.15) is 16.8 Å². The van der Waals surface area contributed by atoms with E-state index in [9.17, 15) is 9.59 Å². The highest BCUT2D eigenvalue weighted by atomic mass is 35.5. The van der Waals surface area contributed by atoms with Gasteiger partial charge in [-0.15, -0.1) is 0 Å². The fourth-order valence-electron chi connectivity index (χ4n) is 4.16. The molecule has 1 atom stereocenters. The lowest BCUT2D eigenvalue weighted by atomic mass is 9.98. The summed E-state index contributed by atoms with van der Waals surface area (Å²) in [6.45, 7) is 2.50. The zero-order valence-electron chi connectivity index (χ0n) is 18.4. The van der Waals surface area contributed by atoms with Crippen molar-refractivity contribution >= 4 is 34.8 Å². The van der Waals surface area contributed by atoms with Crippen molar-refractivity contribution in [3.63, 3.8) is 0 Å². The Kier molecular flexibility index (Phi) is 6.31. The molecular formula is C25H24ClN5O3. The minimum absolute atomic E-state index is 0.000852. The number of hydrogen-bond acceptors (Lipinski definition) is 6. The Morgan fingerprint density at radius 3 is 2.44 bits per heavy atom. The van der Waals surface area contributed by atoms with E-state index in [1.165, 1.54) is 0 Å². The summed E-state index contributed by atoms with van der Waals surface area (Å²) in [4.78, 5) is 29.1. The molecular weight excluding hydrogens is 454 g/mol. The van der Waals surface area contributed by atoms with Gasteiger partial charge in [-0.05, 0) is 54.6 Å². The number of benzene rings is 2. The number of hydrogen-bond donors (Lipinski definition) is 1. The maximum atomic E-state index is 12.7. The van der Waals surface area contributed by atoms with Crippen LogP contribution < -0.4 is 15.0 Å². The van der Waals surface area contributed by atoms with Gasteiger partial charge in [0.05, 0.1) is 30.5 Å². The third kappa shape index (κ3) is 4.97. The number of ether oxygens (including phenoxy) is 1. The summed E-state index contributed by atoms with van der Waals surface area (Å²) in [6.07, 6.45) is 4.04. The fourth-order valence-corrected chi connectivity index (χ4v) is 4.29. The second-order valence-electron chi connectivity index (χ2n) is 8.50. The van der Waals surface area contributed by atoms with Crippen LogP contribution in [0, 0.1) is 5.92 Å². The predicted octanol–water partition coefficient (Wildman–Crippen LogP) is 3.50. The number of aromatic nitrogens is 2. The van der Waals surface area contributed by atoms with Crippen molar-refractivity contribution in [2.45, 2.75) is 12.5 Å². The topological polar surface area (TPSA) is 87.7 Å². The van der Waals surface area contributed by atoms with Crippen LogP contribution in [0.4, 0.5) is 11.4 Å². The van der Waals surface area contributed by atoms with Crippen molar-refractivity contribution < 1.29 is 14.3 Å². The Morgan fingerprint density at radius 1 is 0.971 bits per heavy atom. The van der Waals surface area contributed by atoms with Crippen LogP contribution in [0.25, 0.3) is 0 Å². The quantitative estimate of drug-likeness (QED) is 0.584. The molecule has 8 nitrogen and oxygen atoms in total. The normalized spacial score (nSPS) is 17.9. The van der Waals surface area contributed by atoms with Crippen molar-refractivity contribution in [2.75, 3.05) is 36.4 Å². The third-order valence-corrected chi connectivity index (χ3v) is 6.39. The molecule has 2 aliphatic rings. The zero-order chi connectivity index (χ0) is 23.5. The van der Waals surface area contributed by atoms with Gasteiger partial charge in [0.2, 0.25) is 5.91 Å². The Balaban J connectivity index is 1.09. The molecule has 1 N–H and O–H groups in total. The van der Waals surface area contributed by atoms with Crippen molar-refractivity contribution in [3.05, 3.63) is 77.6 Å². The zero-order valence-corrected chi connectivity index (χ0v) is 19.2.